The SMILES string of the molecule is O=C(O)[C@@H]1CCCN(C(=O)Cc2ccccc2Cl)C1. The molecule has 0 aliphatic carbocycles. The number of carbonyl (C=O) groups excluding carboxylic acids is 1. The Morgan fingerprint density at radius 3 is 2.79 bits per heavy atom. The highest BCUT2D eigenvalue weighted by molar-refractivity contribution is 6.31. The first-order chi connectivity index (χ1) is 9.08. The van der Waals surface area contributed by atoms with Gasteiger partial charge < -0.3 is 10.0 Å². The Bertz CT molecular complexity index is 489. The molecule has 1 heterocycles. The maximum absolute atomic E-state index is 12.2. The lowest BCUT2D eigenvalue weighted by molar-refractivity contribution is -0.145. The lowest BCUT2D eigenvalue weighted by atomic mass is 9.97. The van der Waals surface area contributed by atoms with Crippen LogP contribution in [-0.4, -0.2) is 35.0 Å². The highest BCUT2D eigenvalue weighted by Gasteiger charge is 2.28. The van der Waals surface area contributed by atoms with Gasteiger partial charge in [0.25, 0.3) is 0 Å². The van der Waals surface area contributed by atoms with Gasteiger partial charge in [0.2, 0.25) is 5.91 Å². The van der Waals surface area contributed by atoms with Gasteiger partial charge in [-0.3, -0.25) is 9.59 Å². The van der Waals surface area contributed by atoms with Crippen molar-refractivity contribution in [1.82, 2.24) is 4.90 Å². The highest BCUT2D eigenvalue weighted by Crippen LogP contribution is 2.20. The molecule has 0 unspecified atom stereocenters. The number of hydrogen-bond acceptors (Lipinski definition) is 2. The molecule has 1 fully saturated rings. The van der Waals surface area contributed by atoms with Crippen molar-refractivity contribution in [2.24, 2.45) is 5.92 Å². The van der Waals surface area contributed by atoms with E-state index in [9.17, 15) is 9.59 Å². The van der Waals surface area contributed by atoms with E-state index in [0.717, 1.165) is 12.0 Å². The van der Waals surface area contributed by atoms with Crippen molar-refractivity contribution in [2.75, 3.05) is 13.1 Å². The van der Waals surface area contributed by atoms with E-state index >= 15 is 0 Å². The van der Waals surface area contributed by atoms with Crippen LogP contribution in [0.4, 0.5) is 0 Å². The fourth-order valence-electron chi connectivity index (χ4n) is 2.32. The van der Waals surface area contributed by atoms with Gasteiger partial charge in [-0.25, -0.2) is 0 Å². The average molecular weight is 282 g/mol. The molecule has 1 aromatic carbocycles. The lowest BCUT2D eigenvalue weighted by Gasteiger charge is -2.30. The largest absolute Gasteiger partial charge is 0.481 e. The Kier molecular flexibility index (Phi) is 4.43. The van der Waals surface area contributed by atoms with Crippen LogP contribution >= 0.6 is 11.6 Å². The van der Waals surface area contributed by atoms with E-state index < -0.39 is 11.9 Å². The summed E-state index contributed by atoms with van der Waals surface area (Å²) in [4.78, 5) is 24.8. The number of aliphatic carboxylic acids is 1. The number of carboxylic acid groups (broad SMARTS) is 1. The first kappa shape index (κ1) is 13.9. The number of benzene rings is 1. The minimum atomic E-state index is -0.824. The van der Waals surface area contributed by atoms with E-state index in [1.807, 2.05) is 18.2 Å². The molecule has 0 bridgehead atoms. The van der Waals surface area contributed by atoms with Crippen LogP contribution in [0.25, 0.3) is 0 Å². The molecule has 102 valence electrons. The Morgan fingerprint density at radius 1 is 1.37 bits per heavy atom. The number of halogens is 1. The second-order valence-corrected chi connectivity index (χ2v) is 5.19. The molecule has 1 aliphatic heterocycles. The van der Waals surface area contributed by atoms with Gasteiger partial charge in [0.15, 0.2) is 0 Å². The van der Waals surface area contributed by atoms with Crippen molar-refractivity contribution in [3.8, 4) is 0 Å². The van der Waals surface area contributed by atoms with Crippen LogP contribution in [0.15, 0.2) is 24.3 Å². The number of carboxylic acids is 1. The van der Waals surface area contributed by atoms with Gasteiger partial charge in [0.1, 0.15) is 0 Å². The monoisotopic (exact) mass is 281 g/mol. The number of piperidine rings is 1. The second-order valence-electron chi connectivity index (χ2n) is 4.79. The molecule has 19 heavy (non-hydrogen) atoms. The Labute approximate surface area is 117 Å². The summed E-state index contributed by atoms with van der Waals surface area (Å²) in [6, 6.07) is 7.22. The van der Waals surface area contributed by atoms with Gasteiger partial charge in [0.05, 0.1) is 12.3 Å². The van der Waals surface area contributed by atoms with Gasteiger partial charge in [-0.05, 0) is 24.5 Å². The first-order valence-corrected chi connectivity index (χ1v) is 6.69. The van der Waals surface area contributed by atoms with E-state index in [4.69, 9.17) is 16.7 Å². The molecule has 2 rings (SSSR count). The quantitative estimate of drug-likeness (QED) is 0.924. The molecule has 0 radical (unpaired) electrons. The number of carbonyl (C=O) groups is 2. The van der Waals surface area contributed by atoms with Crippen molar-refractivity contribution < 1.29 is 14.7 Å². The molecule has 1 atom stereocenters. The van der Waals surface area contributed by atoms with Gasteiger partial charge in [-0.2, -0.15) is 0 Å². The fourth-order valence-corrected chi connectivity index (χ4v) is 2.52. The molecular weight excluding hydrogens is 266 g/mol. The number of rotatable bonds is 3. The zero-order chi connectivity index (χ0) is 13.8. The second kappa shape index (κ2) is 6.06. The molecule has 1 aliphatic rings. The van der Waals surface area contributed by atoms with E-state index in [2.05, 4.69) is 0 Å². The zero-order valence-corrected chi connectivity index (χ0v) is 11.3. The van der Waals surface area contributed by atoms with Gasteiger partial charge >= 0.3 is 5.97 Å². The molecule has 1 amide bonds. The molecule has 0 aromatic heterocycles. The third-order valence-corrected chi connectivity index (χ3v) is 3.79. The third-order valence-electron chi connectivity index (χ3n) is 3.42. The molecule has 1 saturated heterocycles. The van der Waals surface area contributed by atoms with E-state index in [0.29, 0.717) is 24.5 Å². The van der Waals surface area contributed by atoms with Crippen LogP contribution in [0.1, 0.15) is 18.4 Å². The maximum atomic E-state index is 12.2. The zero-order valence-electron chi connectivity index (χ0n) is 10.5. The summed E-state index contributed by atoms with van der Waals surface area (Å²) in [5.74, 6) is -1.32. The Hall–Kier alpha value is -1.55. The number of amides is 1. The van der Waals surface area contributed by atoms with Crippen LogP contribution in [-0.2, 0) is 16.0 Å². The van der Waals surface area contributed by atoms with Crippen LogP contribution in [0.3, 0.4) is 0 Å². The molecule has 0 saturated carbocycles. The summed E-state index contributed by atoms with van der Waals surface area (Å²) >= 11 is 6.02. The topological polar surface area (TPSA) is 57.6 Å². The predicted octanol–water partition coefficient (Wildman–Crippen LogP) is 2.21. The number of hydrogen-bond donors (Lipinski definition) is 1. The molecule has 5 heteroatoms. The fraction of sp³-hybridized carbons (Fsp3) is 0.429. The Morgan fingerprint density at radius 2 is 2.11 bits per heavy atom. The summed E-state index contributed by atoms with van der Waals surface area (Å²) < 4.78 is 0. The molecule has 1 N–H and O–H groups in total. The van der Waals surface area contributed by atoms with Crippen molar-refractivity contribution in [1.29, 1.82) is 0 Å². The summed E-state index contributed by atoms with van der Waals surface area (Å²) in [7, 11) is 0. The van der Waals surface area contributed by atoms with E-state index in [-0.39, 0.29) is 12.3 Å². The first-order valence-electron chi connectivity index (χ1n) is 6.32. The van der Waals surface area contributed by atoms with Crippen molar-refractivity contribution in [3.63, 3.8) is 0 Å². The maximum Gasteiger partial charge on any atom is 0.308 e. The summed E-state index contributed by atoms with van der Waals surface area (Å²) in [5.41, 5.74) is 0.784. The Balaban J connectivity index is 2.00. The van der Waals surface area contributed by atoms with Crippen LogP contribution in [0, 0.1) is 5.92 Å². The smallest absolute Gasteiger partial charge is 0.308 e. The third kappa shape index (κ3) is 3.47. The van der Waals surface area contributed by atoms with Crippen LogP contribution < -0.4 is 0 Å². The summed E-state index contributed by atoms with van der Waals surface area (Å²) in [5, 5.41) is 9.58. The van der Waals surface area contributed by atoms with Gasteiger partial charge in [-0.1, -0.05) is 29.8 Å². The van der Waals surface area contributed by atoms with Crippen LogP contribution in [0.2, 0.25) is 5.02 Å². The summed E-state index contributed by atoms with van der Waals surface area (Å²) in [6.07, 6.45) is 1.61. The van der Waals surface area contributed by atoms with Gasteiger partial charge in [-0.15, -0.1) is 0 Å². The minimum absolute atomic E-state index is 0.0564. The van der Waals surface area contributed by atoms with E-state index in [1.165, 1.54) is 0 Å². The van der Waals surface area contributed by atoms with Crippen molar-refractivity contribution in [2.45, 2.75) is 19.3 Å². The minimum Gasteiger partial charge on any atom is -0.481 e. The van der Waals surface area contributed by atoms with Crippen LogP contribution in [0.5, 0.6) is 0 Å². The van der Waals surface area contributed by atoms with Gasteiger partial charge in [0, 0.05) is 18.1 Å². The number of likely N-dealkylation sites (tertiary alicyclic amines) is 1. The normalized spacial score (nSPS) is 19.2. The average Bonchev–Trinajstić information content (AvgIpc) is 2.41. The number of nitrogens with zero attached hydrogens (tertiary/aromatic N) is 1. The molecular formula is C14H16ClNO3. The molecule has 0 spiro atoms. The lowest BCUT2D eigenvalue weighted by Crippen LogP contribution is -2.43. The molecule has 1 aromatic rings. The van der Waals surface area contributed by atoms with Crippen molar-refractivity contribution in [3.05, 3.63) is 34.9 Å². The summed E-state index contributed by atoms with van der Waals surface area (Å²) in [6.45, 7) is 0.936. The standard InChI is InChI=1S/C14H16ClNO3/c15-12-6-2-1-4-10(12)8-13(17)16-7-3-5-11(9-16)14(18)19/h1-2,4,6,11H,3,5,7-9H2,(H,18,19)/t11-/m1/s1. The van der Waals surface area contributed by atoms with Crippen molar-refractivity contribution >= 4 is 23.5 Å². The van der Waals surface area contributed by atoms with E-state index in [1.54, 1.807) is 11.0 Å². The predicted molar refractivity (Wildman–Crippen MR) is 72.1 cm³/mol. The molecule has 4 nitrogen and oxygen atoms in total. The highest BCUT2D eigenvalue weighted by atomic mass is 35.5.